The molecular weight excluding hydrogens is 371 g/mol. The number of para-hydroxylation sites is 1. The molecule has 1 aliphatic carbocycles. The Morgan fingerprint density at radius 3 is 2.33 bits per heavy atom. The molecule has 1 aromatic rings. The maximum atomic E-state index is 3.60. The van der Waals surface area contributed by atoms with Crippen LogP contribution in [0.25, 0.3) is 0 Å². The molecule has 1 N–H and O–H groups in total. The third-order valence-corrected chi connectivity index (χ3v) is 4.26. The average Bonchev–Trinajstić information content (AvgIpc) is 2.92. The van der Waals surface area contributed by atoms with Gasteiger partial charge in [0.15, 0.2) is 5.71 Å². The number of rotatable bonds is 2. The summed E-state index contributed by atoms with van der Waals surface area (Å²) in [6.45, 7) is 7.23. The molecular formula is C18H25IN2. The highest BCUT2D eigenvalue weighted by atomic mass is 127. The molecule has 3 heteroatoms. The maximum absolute atomic E-state index is 3.60. The van der Waals surface area contributed by atoms with Crippen LogP contribution in [0.15, 0.2) is 42.1 Å². The smallest absolute Gasteiger partial charge is 0.178 e. The molecule has 1 heterocycles. The van der Waals surface area contributed by atoms with Gasteiger partial charge in [0.25, 0.3) is 0 Å². The van der Waals surface area contributed by atoms with Crippen molar-refractivity contribution < 1.29 is 28.6 Å². The summed E-state index contributed by atoms with van der Waals surface area (Å²) in [4.78, 5) is 0. The van der Waals surface area contributed by atoms with Crippen LogP contribution in [0, 0.1) is 5.41 Å². The molecule has 0 saturated carbocycles. The van der Waals surface area contributed by atoms with Gasteiger partial charge in [0, 0.05) is 36.7 Å². The molecule has 0 aromatic heterocycles. The topological polar surface area (TPSA) is 15.0 Å². The number of halogens is 1. The van der Waals surface area contributed by atoms with E-state index in [1.165, 1.54) is 49.4 Å². The Morgan fingerprint density at radius 1 is 1.00 bits per heavy atom. The van der Waals surface area contributed by atoms with E-state index in [1.807, 2.05) is 0 Å². The van der Waals surface area contributed by atoms with E-state index in [9.17, 15) is 0 Å². The van der Waals surface area contributed by atoms with Gasteiger partial charge in [0.05, 0.1) is 0 Å². The lowest BCUT2D eigenvalue weighted by molar-refractivity contribution is -0.507. The third-order valence-electron chi connectivity index (χ3n) is 4.26. The predicted molar refractivity (Wildman–Crippen MR) is 85.4 cm³/mol. The van der Waals surface area contributed by atoms with Crippen molar-refractivity contribution in [2.75, 3.05) is 18.4 Å². The number of anilines is 1. The van der Waals surface area contributed by atoms with Crippen LogP contribution in [0.3, 0.4) is 0 Å². The fraction of sp³-hybridized carbons (Fsp3) is 0.500. The first-order valence-electron chi connectivity index (χ1n) is 7.76. The second kappa shape index (κ2) is 6.95. The highest BCUT2D eigenvalue weighted by Gasteiger charge is 2.31. The van der Waals surface area contributed by atoms with Crippen LogP contribution in [0.2, 0.25) is 0 Å². The van der Waals surface area contributed by atoms with Crippen molar-refractivity contribution in [3.8, 4) is 0 Å². The van der Waals surface area contributed by atoms with E-state index in [0.29, 0.717) is 5.41 Å². The third kappa shape index (κ3) is 4.31. The minimum atomic E-state index is 0. The van der Waals surface area contributed by atoms with E-state index in [4.69, 9.17) is 0 Å². The second-order valence-corrected chi connectivity index (χ2v) is 6.86. The standard InChI is InChI=1S/C18H24N2.HI/c1-18(2)13-16(19-15-8-4-3-5-9-15)12-17(14-18)20-10-6-7-11-20;/h3-5,8-9,12H,6-7,10-11,13-14H2,1-2H3;1H. The number of benzene rings is 1. The number of hydrogen-bond donors (Lipinski definition) is 1. The van der Waals surface area contributed by atoms with Crippen molar-refractivity contribution in [2.24, 2.45) is 5.41 Å². The molecule has 0 radical (unpaired) electrons. The molecule has 1 aromatic carbocycles. The molecule has 3 rings (SSSR count). The number of allylic oxidation sites excluding steroid dienone is 2. The van der Waals surface area contributed by atoms with Gasteiger partial charge in [-0.05, 0) is 24.0 Å². The van der Waals surface area contributed by atoms with Gasteiger partial charge in [0.1, 0.15) is 13.1 Å². The first kappa shape index (κ1) is 16.5. The molecule has 0 bridgehead atoms. The number of nitrogens with one attached hydrogen (secondary N) is 1. The maximum Gasteiger partial charge on any atom is 0.178 e. The zero-order valence-electron chi connectivity index (χ0n) is 13.0. The summed E-state index contributed by atoms with van der Waals surface area (Å²) in [6, 6.07) is 10.5. The van der Waals surface area contributed by atoms with E-state index in [0.717, 1.165) is 6.42 Å². The molecule has 0 atom stereocenters. The average molecular weight is 396 g/mol. The van der Waals surface area contributed by atoms with Crippen molar-refractivity contribution in [3.05, 3.63) is 42.1 Å². The Kier molecular flexibility index (Phi) is 5.47. The molecule has 21 heavy (non-hydrogen) atoms. The Hall–Kier alpha value is -0.840. The Balaban J connectivity index is 0.00000161. The summed E-state index contributed by atoms with van der Waals surface area (Å²) in [6.07, 6.45) is 7.41. The van der Waals surface area contributed by atoms with Gasteiger partial charge in [-0.1, -0.05) is 32.0 Å². The fourth-order valence-electron chi connectivity index (χ4n) is 3.37. The lowest BCUT2D eigenvalue weighted by Gasteiger charge is -2.30. The molecule has 114 valence electrons. The fourth-order valence-corrected chi connectivity index (χ4v) is 3.37. The molecule has 0 amide bonds. The summed E-state index contributed by atoms with van der Waals surface area (Å²) >= 11 is 0. The minimum Gasteiger partial charge on any atom is -1.00 e. The van der Waals surface area contributed by atoms with Crippen molar-refractivity contribution in [3.63, 3.8) is 0 Å². The van der Waals surface area contributed by atoms with Crippen LogP contribution >= 0.6 is 0 Å². The minimum absolute atomic E-state index is 0. The SMILES string of the molecule is CC1(C)CC(Nc2ccccc2)=CC(=[N+]2CCCC2)C1.[I-]. The van der Waals surface area contributed by atoms with Crippen molar-refractivity contribution >= 4 is 11.4 Å². The molecule has 1 aliphatic heterocycles. The van der Waals surface area contributed by atoms with E-state index in [-0.39, 0.29) is 24.0 Å². The molecule has 0 unspecified atom stereocenters. The summed E-state index contributed by atoms with van der Waals surface area (Å²) in [7, 11) is 0. The van der Waals surface area contributed by atoms with Gasteiger partial charge in [-0.3, -0.25) is 0 Å². The monoisotopic (exact) mass is 396 g/mol. The van der Waals surface area contributed by atoms with Gasteiger partial charge in [-0.2, -0.15) is 0 Å². The summed E-state index contributed by atoms with van der Waals surface area (Å²) in [5, 5.41) is 3.60. The van der Waals surface area contributed by atoms with Gasteiger partial charge >= 0.3 is 0 Å². The molecule has 2 aliphatic rings. The zero-order chi connectivity index (χ0) is 14.0. The van der Waals surface area contributed by atoms with Crippen molar-refractivity contribution in [2.45, 2.75) is 39.5 Å². The molecule has 1 saturated heterocycles. The summed E-state index contributed by atoms with van der Waals surface area (Å²) < 4.78 is 2.58. The zero-order valence-corrected chi connectivity index (χ0v) is 15.2. The Morgan fingerprint density at radius 2 is 1.67 bits per heavy atom. The van der Waals surface area contributed by atoms with Crippen LogP contribution < -0.4 is 29.3 Å². The van der Waals surface area contributed by atoms with Crippen LogP contribution in [0.4, 0.5) is 5.69 Å². The largest absolute Gasteiger partial charge is 1.00 e. The highest BCUT2D eigenvalue weighted by molar-refractivity contribution is 5.93. The van der Waals surface area contributed by atoms with Gasteiger partial charge in [0.2, 0.25) is 0 Å². The number of hydrogen-bond acceptors (Lipinski definition) is 1. The van der Waals surface area contributed by atoms with Crippen molar-refractivity contribution in [1.82, 2.24) is 0 Å². The van der Waals surface area contributed by atoms with E-state index < -0.39 is 0 Å². The van der Waals surface area contributed by atoms with Gasteiger partial charge in [-0.25, -0.2) is 4.58 Å². The quantitative estimate of drug-likeness (QED) is 0.584. The summed E-state index contributed by atoms with van der Waals surface area (Å²) in [5.41, 5.74) is 4.42. The number of nitrogens with zero attached hydrogens (tertiary/aromatic N) is 1. The predicted octanol–water partition coefficient (Wildman–Crippen LogP) is 1.05. The van der Waals surface area contributed by atoms with Crippen LogP contribution in [-0.4, -0.2) is 23.4 Å². The van der Waals surface area contributed by atoms with Crippen LogP contribution in [-0.2, 0) is 0 Å². The molecule has 1 fully saturated rings. The second-order valence-electron chi connectivity index (χ2n) is 6.86. The first-order chi connectivity index (χ1) is 9.62. The van der Waals surface area contributed by atoms with Gasteiger partial charge in [-0.15, -0.1) is 0 Å². The lowest BCUT2D eigenvalue weighted by atomic mass is 9.78. The van der Waals surface area contributed by atoms with Crippen molar-refractivity contribution in [1.29, 1.82) is 0 Å². The van der Waals surface area contributed by atoms with Gasteiger partial charge < -0.3 is 29.3 Å². The van der Waals surface area contributed by atoms with E-state index >= 15 is 0 Å². The molecule has 2 nitrogen and oxygen atoms in total. The Labute approximate surface area is 145 Å². The van der Waals surface area contributed by atoms with E-state index in [1.54, 1.807) is 0 Å². The first-order valence-corrected chi connectivity index (χ1v) is 7.76. The summed E-state index contributed by atoms with van der Waals surface area (Å²) in [5.74, 6) is 0. The van der Waals surface area contributed by atoms with E-state index in [2.05, 4.69) is 60.1 Å². The van der Waals surface area contributed by atoms with Crippen LogP contribution in [0.5, 0.6) is 0 Å². The Bertz CT molecular complexity index is 536. The van der Waals surface area contributed by atoms with Crippen LogP contribution in [0.1, 0.15) is 39.5 Å². The lowest BCUT2D eigenvalue weighted by Crippen LogP contribution is -3.00. The highest BCUT2D eigenvalue weighted by Crippen LogP contribution is 2.34. The molecule has 0 spiro atoms. The normalized spacial score (nSPS) is 20.8.